The molecule has 1 heteroatoms. The Morgan fingerprint density at radius 1 is 0.950 bits per heavy atom. The molecular weight excluding hydrogens is 242 g/mol. The second-order valence-electron chi connectivity index (χ2n) is 6.17. The van der Waals surface area contributed by atoms with E-state index in [2.05, 4.69) is 68.6 Å². The summed E-state index contributed by atoms with van der Waals surface area (Å²) in [5.41, 5.74) is 1.49. The second-order valence-corrected chi connectivity index (χ2v) is 6.17. The van der Waals surface area contributed by atoms with E-state index in [0.717, 1.165) is 24.9 Å². The Bertz CT molecular complexity index is 525. The van der Waals surface area contributed by atoms with Crippen LogP contribution in [0.3, 0.4) is 0 Å². The zero-order chi connectivity index (χ0) is 14.4. The van der Waals surface area contributed by atoms with E-state index < -0.39 is 0 Å². The summed E-state index contributed by atoms with van der Waals surface area (Å²) in [6.45, 7) is 9.06. The van der Waals surface area contributed by atoms with Crippen molar-refractivity contribution in [2.24, 2.45) is 11.8 Å². The molecule has 0 radical (unpaired) electrons. The van der Waals surface area contributed by atoms with Gasteiger partial charge >= 0.3 is 0 Å². The third-order valence-electron chi connectivity index (χ3n) is 3.95. The lowest BCUT2D eigenvalue weighted by Gasteiger charge is -2.18. The Kier molecular flexibility index (Phi) is 5.60. The highest BCUT2D eigenvalue weighted by atomic mass is 14.9. The predicted octanol–water partition coefficient (Wildman–Crippen LogP) is 4.65. The van der Waals surface area contributed by atoms with E-state index in [0.29, 0.717) is 0 Å². The molecule has 1 unspecified atom stereocenters. The minimum Gasteiger partial charge on any atom is -0.316 e. The summed E-state index contributed by atoms with van der Waals surface area (Å²) in [7, 11) is 0. The third-order valence-corrected chi connectivity index (χ3v) is 3.95. The largest absolute Gasteiger partial charge is 0.316 e. The van der Waals surface area contributed by atoms with E-state index in [4.69, 9.17) is 0 Å². The zero-order valence-electron chi connectivity index (χ0n) is 13.0. The van der Waals surface area contributed by atoms with E-state index in [9.17, 15) is 0 Å². The molecule has 1 nitrogen and oxygen atoms in total. The van der Waals surface area contributed by atoms with E-state index in [1.54, 1.807) is 0 Å². The summed E-state index contributed by atoms with van der Waals surface area (Å²) in [5.74, 6) is 1.45. The highest BCUT2D eigenvalue weighted by Gasteiger charge is 2.09. The predicted molar refractivity (Wildman–Crippen MR) is 89.1 cm³/mol. The fraction of sp³-hybridized carbons (Fsp3) is 0.474. The molecule has 0 heterocycles. The third kappa shape index (κ3) is 4.08. The molecule has 0 saturated heterocycles. The molecule has 0 aliphatic rings. The summed E-state index contributed by atoms with van der Waals surface area (Å²) in [6.07, 6.45) is 2.40. The van der Waals surface area contributed by atoms with Crippen LogP contribution >= 0.6 is 0 Å². The van der Waals surface area contributed by atoms with Gasteiger partial charge in [0, 0.05) is 0 Å². The van der Waals surface area contributed by atoms with Gasteiger partial charge in [-0.25, -0.2) is 0 Å². The maximum absolute atomic E-state index is 3.60. The first kappa shape index (κ1) is 15.1. The average molecular weight is 269 g/mol. The summed E-state index contributed by atoms with van der Waals surface area (Å²) >= 11 is 0. The lowest BCUT2D eigenvalue weighted by molar-refractivity contribution is 0.438. The SMILES string of the molecule is CCC(CNCC(C)C)Cc1cccc2ccccc12. The first-order valence-electron chi connectivity index (χ1n) is 7.88. The maximum atomic E-state index is 3.60. The number of hydrogen-bond acceptors (Lipinski definition) is 1. The molecule has 20 heavy (non-hydrogen) atoms. The van der Waals surface area contributed by atoms with E-state index >= 15 is 0 Å². The van der Waals surface area contributed by atoms with Crippen LogP contribution in [-0.4, -0.2) is 13.1 Å². The van der Waals surface area contributed by atoms with Gasteiger partial charge in [-0.1, -0.05) is 69.7 Å². The number of hydrogen-bond donors (Lipinski definition) is 1. The number of fused-ring (bicyclic) bond motifs is 1. The van der Waals surface area contributed by atoms with Crippen molar-refractivity contribution in [3.63, 3.8) is 0 Å². The maximum Gasteiger partial charge on any atom is -0.00173 e. The Labute approximate surface area is 123 Å². The second kappa shape index (κ2) is 7.44. The van der Waals surface area contributed by atoms with E-state index in [1.807, 2.05) is 0 Å². The highest BCUT2D eigenvalue weighted by molar-refractivity contribution is 5.85. The fourth-order valence-corrected chi connectivity index (χ4v) is 2.72. The summed E-state index contributed by atoms with van der Waals surface area (Å²) < 4.78 is 0. The van der Waals surface area contributed by atoms with Crippen molar-refractivity contribution in [1.29, 1.82) is 0 Å². The standard InChI is InChI=1S/C19H27N/c1-4-16(14-20-13-15(2)3)12-18-10-7-9-17-8-5-6-11-19(17)18/h5-11,15-16,20H,4,12-14H2,1-3H3. The van der Waals surface area contributed by atoms with Gasteiger partial charge in [0.1, 0.15) is 0 Å². The zero-order valence-corrected chi connectivity index (χ0v) is 13.0. The lowest BCUT2D eigenvalue weighted by Crippen LogP contribution is -2.27. The summed E-state index contributed by atoms with van der Waals surface area (Å²) in [5, 5.41) is 6.37. The van der Waals surface area contributed by atoms with Crippen LogP contribution in [0.15, 0.2) is 42.5 Å². The van der Waals surface area contributed by atoms with Crippen molar-refractivity contribution >= 4 is 10.8 Å². The molecule has 0 spiro atoms. The molecule has 0 aliphatic heterocycles. The molecule has 0 amide bonds. The molecule has 0 aromatic heterocycles. The first-order chi connectivity index (χ1) is 9.70. The van der Waals surface area contributed by atoms with Crippen LogP contribution in [0.2, 0.25) is 0 Å². The Morgan fingerprint density at radius 3 is 2.45 bits per heavy atom. The molecule has 2 aromatic rings. The summed E-state index contributed by atoms with van der Waals surface area (Å²) in [4.78, 5) is 0. The van der Waals surface area contributed by atoms with Crippen molar-refractivity contribution in [3.8, 4) is 0 Å². The molecule has 0 saturated carbocycles. The smallest absolute Gasteiger partial charge is 0.00173 e. The topological polar surface area (TPSA) is 12.0 Å². The van der Waals surface area contributed by atoms with Crippen molar-refractivity contribution in [1.82, 2.24) is 5.32 Å². The molecule has 2 aromatic carbocycles. The van der Waals surface area contributed by atoms with Crippen LogP contribution in [0.1, 0.15) is 32.8 Å². The van der Waals surface area contributed by atoms with Crippen molar-refractivity contribution in [2.75, 3.05) is 13.1 Å². The molecule has 0 fully saturated rings. The van der Waals surface area contributed by atoms with Gasteiger partial charge in [-0.05, 0) is 47.7 Å². The fourth-order valence-electron chi connectivity index (χ4n) is 2.72. The van der Waals surface area contributed by atoms with Gasteiger partial charge in [-0.3, -0.25) is 0 Å². The van der Waals surface area contributed by atoms with Crippen LogP contribution in [0.4, 0.5) is 0 Å². The molecule has 108 valence electrons. The quantitative estimate of drug-likeness (QED) is 0.771. The van der Waals surface area contributed by atoms with Crippen LogP contribution in [0.25, 0.3) is 10.8 Å². The van der Waals surface area contributed by atoms with Gasteiger partial charge in [0.15, 0.2) is 0 Å². The van der Waals surface area contributed by atoms with Crippen LogP contribution < -0.4 is 5.32 Å². The van der Waals surface area contributed by atoms with Gasteiger partial charge < -0.3 is 5.32 Å². The average Bonchev–Trinajstić information content (AvgIpc) is 2.46. The number of benzene rings is 2. The Hall–Kier alpha value is -1.34. The minimum absolute atomic E-state index is 0.722. The van der Waals surface area contributed by atoms with Crippen molar-refractivity contribution < 1.29 is 0 Å². The Morgan fingerprint density at radius 2 is 1.70 bits per heavy atom. The van der Waals surface area contributed by atoms with Gasteiger partial charge in [-0.15, -0.1) is 0 Å². The minimum atomic E-state index is 0.722. The van der Waals surface area contributed by atoms with Crippen LogP contribution in [-0.2, 0) is 6.42 Å². The molecule has 0 aliphatic carbocycles. The van der Waals surface area contributed by atoms with Gasteiger partial charge in [-0.2, -0.15) is 0 Å². The van der Waals surface area contributed by atoms with Gasteiger partial charge in [0.05, 0.1) is 0 Å². The number of nitrogens with one attached hydrogen (secondary N) is 1. The van der Waals surface area contributed by atoms with Gasteiger partial charge in [0.25, 0.3) is 0 Å². The molecule has 0 bridgehead atoms. The van der Waals surface area contributed by atoms with Crippen molar-refractivity contribution in [3.05, 3.63) is 48.0 Å². The highest BCUT2D eigenvalue weighted by Crippen LogP contribution is 2.22. The van der Waals surface area contributed by atoms with E-state index in [1.165, 1.54) is 29.2 Å². The molecule has 1 atom stereocenters. The first-order valence-corrected chi connectivity index (χ1v) is 7.88. The van der Waals surface area contributed by atoms with Crippen LogP contribution in [0.5, 0.6) is 0 Å². The molecular formula is C19H27N. The van der Waals surface area contributed by atoms with E-state index in [-0.39, 0.29) is 0 Å². The monoisotopic (exact) mass is 269 g/mol. The number of rotatable bonds is 7. The Balaban J connectivity index is 2.05. The molecule has 1 N–H and O–H groups in total. The van der Waals surface area contributed by atoms with Gasteiger partial charge in [0.2, 0.25) is 0 Å². The van der Waals surface area contributed by atoms with Crippen LogP contribution in [0, 0.1) is 11.8 Å². The lowest BCUT2D eigenvalue weighted by atomic mass is 9.93. The normalized spacial score (nSPS) is 13.0. The van der Waals surface area contributed by atoms with Crippen molar-refractivity contribution in [2.45, 2.75) is 33.6 Å². The molecule has 2 rings (SSSR count). The summed E-state index contributed by atoms with van der Waals surface area (Å²) in [6, 6.07) is 15.4.